The lowest BCUT2D eigenvalue weighted by molar-refractivity contribution is 0.0724. The van der Waals surface area contributed by atoms with Crippen molar-refractivity contribution < 1.29 is 9.59 Å². The van der Waals surface area contributed by atoms with Crippen LogP contribution in [0.4, 0.5) is 5.69 Å². The fourth-order valence-electron chi connectivity index (χ4n) is 2.98. The first-order valence-corrected chi connectivity index (χ1v) is 10.3. The van der Waals surface area contributed by atoms with Gasteiger partial charge in [0.05, 0.1) is 0 Å². The zero-order chi connectivity index (χ0) is 19.2. The molecule has 3 rings (SSSR count). The lowest BCUT2D eigenvalue weighted by Gasteiger charge is -2.26. The highest BCUT2D eigenvalue weighted by atomic mass is 127. The standard InChI is InChI=1S/C20H20IN3O2S/c21-16-8-4-6-14(12-16)18(25)23-20(27)22-17-9-5-7-15(13-17)19(26)24-10-2-1-3-11-24/h4-9,12-13H,1-3,10-11H2,(H2,22,23,25,27). The van der Waals surface area contributed by atoms with E-state index in [1.807, 2.05) is 29.2 Å². The monoisotopic (exact) mass is 493 g/mol. The molecule has 2 amide bonds. The van der Waals surface area contributed by atoms with Gasteiger partial charge in [0.2, 0.25) is 0 Å². The third kappa shape index (κ3) is 5.49. The highest BCUT2D eigenvalue weighted by Gasteiger charge is 2.18. The van der Waals surface area contributed by atoms with E-state index < -0.39 is 0 Å². The average Bonchev–Trinajstić information content (AvgIpc) is 2.68. The summed E-state index contributed by atoms with van der Waals surface area (Å²) < 4.78 is 0.975. The zero-order valence-electron chi connectivity index (χ0n) is 14.7. The van der Waals surface area contributed by atoms with Crippen molar-refractivity contribution in [1.82, 2.24) is 10.2 Å². The van der Waals surface area contributed by atoms with Gasteiger partial charge in [-0.25, -0.2) is 0 Å². The summed E-state index contributed by atoms with van der Waals surface area (Å²) in [5.74, 6) is -0.237. The Bertz CT molecular complexity index is 866. The van der Waals surface area contributed by atoms with Gasteiger partial charge in [0.25, 0.3) is 11.8 Å². The highest BCUT2D eigenvalue weighted by Crippen LogP contribution is 2.16. The number of anilines is 1. The van der Waals surface area contributed by atoms with Gasteiger partial charge in [0.1, 0.15) is 0 Å². The van der Waals surface area contributed by atoms with Gasteiger partial charge in [-0.1, -0.05) is 12.1 Å². The Labute approximate surface area is 177 Å². The second kappa shape index (κ2) is 9.27. The van der Waals surface area contributed by atoms with E-state index in [2.05, 4.69) is 33.2 Å². The number of amides is 2. The van der Waals surface area contributed by atoms with Crippen LogP contribution in [0.2, 0.25) is 0 Å². The number of piperidine rings is 1. The molecule has 0 atom stereocenters. The van der Waals surface area contributed by atoms with Gasteiger partial charge in [-0.15, -0.1) is 0 Å². The Balaban J connectivity index is 1.62. The smallest absolute Gasteiger partial charge is 0.257 e. The molecule has 5 nitrogen and oxygen atoms in total. The van der Waals surface area contributed by atoms with Crippen LogP contribution >= 0.6 is 34.8 Å². The molecule has 0 bridgehead atoms. The highest BCUT2D eigenvalue weighted by molar-refractivity contribution is 14.1. The summed E-state index contributed by atoms with van der Waals surface area (Å²) >= 11 is 7.39. The van der Waals surface area contributed by atoms with Crippen LogP contribution in [0, 0.1) is 3.57 Å². The normalized spacial score (nSPS) is 13.7. The number of hydrogen-bond acceptors (Lipinski definition) is 3. The fraction of sp³-hybridized carbons (Fsp3) is 0.250. The van der Waals surface area contributed by atoms with Crippen LogP contribution in [-0.4, -0.2) is 34.9 Å². The molecule has 7 heteroatoms. The minimum absolute atomic E-state index is 0.0344. The van der Waals surface area contributed by atoms with E-state index in [1.54, 1.807) is 24.3 Å². The Morgan fingerprint density at radius 1 is 0.963 bits per heavy atom. The van der Waals surface area contributed by atoms with Crippen LogP contribution in [0.5, 0.6) is 0 Å². The molecule has 0 unspecified atom stereocenters. The van der Waals surface area contributed by atoms with Crippen molar-refractivity contribution in [2.75, 3.05) is 18.4 Å². The van der Waals surface area contributed by atoms with Crippen molar-refractivity contribution in [3.63, 3.8) is 0 Å². The number of thiocarbonyl (C=S) groups is 1. The fourth-order valence-corrected chi connectivity index (χ4v) is 3.73. The number of rotatable bonds is 3. The molecule has 1 aliphatic rings. The Morgan fingerprint density at radius 3 is 2.41 bits per heavy atom. The van der Waals surface area contributed by atoms with Gasteiger partial charge in [0.15, 0.2) is 5.11 Å². The molecule has 0 radical (unpaired) electrons. The molecule has 1 fully saturated rings. The quantitative estimate of drug-likeness (QED) is 0.501. The molecule has 27 heavy (non-hydrogen) atoms. The first-order valence-electron chi connectivity index (χ1n) is 8.80. The first-order chi connectivity index (χ1) is 13.0. The number of hydrogen-bond donors (Lipinski definition) is 2. The average molecular weight is 493 g/mol. The van der Waals surface area contributed by atoms with Crippen molar-refractivity contribution in [3.05, 3.63) is 63.2 Å². The van der Waals surface area contributed by atoms with E-state index in [4.69, 9.17) is 12.2 Å². The van der Waals surface area contributed by atoms with E-state index in [0.29, 0.717) is 16.8 Å². The number of benzene rings is 2. The number of carbonyl (C=O) groups excluding carboxylic acids is 2. The molecule has 0 aromatic heterocycles. The summed E-state index contributed by atoms with van der Waals surface area (Å²) in [4.78, 5) is 26.8. The topological polar surface area (TPSA) is 61.4 Å². The molecular weight excluding hydrogens is 473 g/mol. The van der Waals surface area contributed by atoms with Gasteiger partial charge in [-0.2, -0.15) is 0 Å². The maximum absolute atomic E-state index is 12.6. The maximum Gasteiger partial charge on any atom is 0.257 e. The van der Waals surface area contributed by atoms with Crippen molar-refractivity contribution >= 4 is 57.4 Å². The van der Waals surface area contributed by atoms with Crippen LogP contribution in [0.3, 0.4) is 0 Å². The van der Waals surface area contributed by atoms with Crippen LogP contribution in [0.1, 0.15) is 40.0 Å². The first kappa shape index (κ1) is 19.8. The second-order valence-corrected chi connectivity index (χ2v) is 8.01. The van der Waals surface area contributed by atoms with Crippen LogP contribution < -0.4 is 10.6 Å². The Kier molecular flexibility index (Phi) is 6.78. The number of nitrogens with one attached hydrogen (secondary N) is 2. The molecule has 0 saturated carbocycles. The van der Waals surface area contributed by atoms with E-state index in [-0.39, 0.29) is 16.9 Å². The van der Waals surface area contributed by atoms with E-state index in [0.717, 1.165) is 29.5 Å². The summed E-state index contributed by atoms with van der Waals surface area (Å²) in [6.45, 7) is 1.61. The largest absolute Gasteiger partial charge is 0.339 e. The summed E-state index contributed by atoms with van der Waals surface area (Å²) in [7, 11) is 0. The van der Waals surface area contributed by atoms with Crippen LogP contribution in [-0.2, 0) is 0 Å². The third-order valence-electron chi connectivity index (χ3n) is 4.32. The van der Waals surface area contributed by atoms with E-state index in [9.17, 15) is 9.59 Å². The van der Waals surface area contributed by atoms with Crippen molar-refractivity contribution in [2.45, 2.75) is 19.3 Å². The van der Waals surface area contributed by atoms with Crippen molar-refractivity contribution in [1.29, 1.82) is 0 Å². The molecule has 1 heterocycles. The van der Waals surface area contributed by atoms with Crippen LogP contribution in [0.25, 0.3) is 0 Å². The summed E-state index contributed by atoms with van der Waals surface area (Å²) in [5.41, 5.74) is 1.83. The maximum atomic E-state index is 12.6. The second-order valence-electron chi connectivity index (χ2n) is 6.35. The lowest BCUT2D eigenvalue weighted by atomic mass is 10.1. The molecule has 0 aliphatic carbocycles. The molecule has 140 valence electrons. The summed E-state index contributed by atoms with van der Waals surface area (Å²) in [5, 5.41) is 5.84. The van der Waals surface area contributed by atoms with Gasteiger partial charge in [-0.05, 0) is 90.5 Å². The Hall–Kier alpha value is -2.00. The number of carbonyl (C=O) groups is 2. The molecule has 2 aromatic rings. The van der Waals surface area contributed by atoms with Gasteiger partial charge >= 0.3 is 0 Å². The molecule has 0 spiro atoms. The SMILES string of the molecule is O=C(NC(=S)Nc1cccc(C(=O)N2CCCCC2)c1)c1cccc(I)c1. The molecule has 2 N–H and O–H groups in total. The molecule has 2 aromatic carbocycles. The summed E-state index contributed by atoms with van der Waals surface area (Å²) in [6, 6.07) is 14.5. The minimum atomic E-state index is -0.272. The molecule has 1 saturated heterocycles. The Morgan fingerprint density at radius 2 is 1.67 bits per heavy atom. The number of nitrogens with zero attached hydrogens (tertiary/aromatic N) is 1. The lowest BCUT2D eigenvalue weighted by Crippen LogP contribution is -2.36. The third-order valence-corrected chi connectivity index (χ3v) is 5.20. The van der Waals surface area contributed by atoms with Crippen molar-refractivity contribution in [3.8, 4) is 0 Å². The zero-order valence-corrected chi connectivity index (χ0v) is 17.7. The van der Waals surface area contributed by atoms with Crippen LogP contribution in [0.15, 0.2) is 48.5 Å². The van der Waals surface area contributed by atoms with E-state index >= 15 is 0 Å². The molecular formula is C20H20IN3O2S. The minimum Gasteiger partial charge on any atom is -0.339 e. The van der Waals surface area contributed by atoms with E-state index in [1.165, 1.54) is 6.42 Å². The number of likely N-dealkylation sites (tertiary alicyclic amines) is 1. The van der Waals surface area contributed by atoms with Gasteiger partial charge in [0, 0.05) is 33.5 Å². The van der Waals surface area contributed by atoms with Gasteiger partial charge < -0.3 is 10.2 Å². The van der Waals surface area contributed by atoms with Crippen molar-refractivity contribution in [2.24, 2.45) is 0 Å². The summed E-state index contributed by atoms with van der Waals surface area (Å²) in [6.07, 6.45) is 3.29. The predicted molar refractivity (Wildman–Crippen MR) is 119 cm³/mol. The predicted octanol–water partition coefficient (Wildman–Crippen LogP) is 4.04. The molecule has 1 aliphatic heterocycles. The number of halogens is 1. The van der Waals surface area contributed by atoms with Gasteiger partial charge in [-0.3, -0.25) is 14.9 Å².